The molecule has 614 valence electrons. The van der Waals surface area contributed by atoms with Crippen LogP contribution in [-0.2, 0) is 19.1 Å². The van der Waals surface area contributed by atoms with Crippen molar-refractivity contribution < 1.29 is 23.5 Å². The Bertz CT molecular complexity index is 1930. The molecule has 3 unspecified atom stereocenters. The van der Waals surface area contributed by atoms with Crippen LogP contribution < -0.4 is 16.0 Å². The first-order valence-electron chi connectivity index (χ1n) is 42.6. The number of ketones is 2. The normalized spacial score (nSPS) is 23.7. The maximum atomic E-state index is 12.1. The van der Waals surface area contributed by atoms with Crippen molar-refractivity contribution in [2.75, 3.05) is 214 Å². The van der Waals surface area contributed by atoms with Gasteiger partial charge in [-0.2, -0.15) is 0 Å². The summed E-state index contributed by atoms with van der Waals surface area (Å²) in [6, 6.07) is 1.81. The average Bonchev–Trinajstić information content (AvgIpc) is 1.84. The Labute approximate surface area is 640 Å². The van der Waals surface area contributed by atoms with Crippen molar-refractivity contribution in [3.8, 4) is 0 Å². The smallest absolute Gasteiger partial charge is 0.137 e. The molecule has 3 atom stereocenters. The first-order chi connectivity index (χ1) is 48.3. The van der Waals surface area contributed by atoms with Crippen LogP contribution in [0.2, 0.25) is 0 Å². The summed E-state index contributed by atoms with van der Waals surface area (Å²) in [6.45, 7) is 71.4. The standard InChI is InChI=1S/C11H21NO.C10H22N2.C10H21NO.C10H19NO.C9H20N2.C9H19NO.C8H17N.C7H15N.C6H12FN.C6H13N/c1-9(2)8-11(13)10-4-6-12(3)7-5-10;1-9(2)11-8-10-4-6-12(3)7-5-10;1-9(2)12-8-10-4-6-11(3)7-5-10;1-8(2)6-10(12)9-4-5-11(3)7-9;1-8(2)10-6-9-4-5-11(3)7-9;1-8(2)11-7-9-4-5-10(3)6-9;1-7(2)4-8-5-9(3)6-8;1-6(2)7-4-8(3)5-7;1-5(2)8-3-6(7)4-8;1-5(2)6-3-7-4-6/h9-10H,4-8H2,1-3H3;9-11H,4-8H2,1-3H3;9-10H,4-8H2,1-3H3;8-9H,4-7H2,1-3H3;8-10H,4-7H2,1-3H3;8-9H,4-7H2,1-3H3;7-8H,4-6H2,1-3H3;6-7H,4-5H2,1-3H3;5-6H,3-4H2,1-2H3;5-7H,3-4H2,1-2H3. The fourth-order valence-corrected chi connectivity index (χ4v) is 14.5. The van der Waals surface area contributed by atoms with Crippen LogP contribution in [0.5, 0.6) is 0 Å². The van der Waals surface area contributed by atoms with Gasteiger partial charge in [0.15, 0.2) is 0 Å². The number of likely N-dealkylation sites (tertiary alicyclic amines) is 9. The maximum Gasteiger partial charge on any atom is 0.137 e. The van der Waals surface area contributed by atoms with Crippen molar-refractivity contribution in [1.29, 1.82) is 0 Å². The predicted molar refractivity (Wildman–Crippen MR) is 444 cm³/mol. The number of rotatable bonds is 23. The molecule has 0 saturated carbocycles. The van der Waals surface area contributed by atoms with Gasteiger partial charge >= 0.3 is 0 Å². The number of carbonyl (C=O) groups excluding carboxylic acids is 2. The molecule has 0 bridgehead atoms. The maximum absolute atomic E-state index is 12.1. The molecule has 0 aliphatic carbocycles. The second kappa shape index (κ2) is 56.9. The van der Waals surface area contributed by atoms with Gasteiger partial charge in [0, 0.05) is 108 Å². The number of Topliss-reactive ketones (excluding diaryl/α,β-unsaturated/α-hetero) is 2. The zero-order valence-electron chi connectivity index (χ0n) is 73.5. The summed E-state index contributed by atoms with van der Waals surface area (Å²) in [5.41, 5.74) is 0. The van der Waals surface area contributed by atoms with Crippen LogP contribution in [0, 0.1) is 82.9 Å². The van der Waals surface area contributed by atoms with E-state index >= 15 is 0 Å². The summed E-state index contributed by atoms with van der Waals surface area (Å²) >= 11 is 0. The number of halogens is 1. The van der Waals surface area contributed by atoms with Gasteiger partial charge in [-0.15, -0.1) is 0 Å². The van der Waals surface area contributed by atoms with E-state index in [4.69, 9.17) is 9.47 Å². The van der Waals surface area contributed by atoms with Gasteiger partial charge in [0.1, 0.15) is 17.7 Å². The third-order valence-corrected chi connectivity index (χ3v) is 22.2. The quantitative estimate of drug-likeness (QED) is 0.0900. The number of piperidine rings is 3. The molecule has 10 aliphatic rings. The first-order valence-corrected chi connectivity index (χ1v) is 42.6. The summed E-state index contributed by atoms with van der Waals surface area (Å²) in [7, 11) is 17.4. The highest BCUT2D eigenvalue weighted by molar-refractivity contribution is 5.82. The first kappa shape index (κ1) is 99.7. The molecule has 0 radical (unpaired) electrons. The van der Waals surface area contributed by atoms with Crippen molar-refractivity contribution in [2.45, 2.75) is 252 Å². The molecule has 0 aromatic rings. The van der Waals surface area contributed by atoms with E-state index < -0.39 is 6.17 Å². The third-order valence-electron chi connectivity index (χ3n) is 22.2. The zero-order valence-corrected chi connectivity index (χ0v) is 73.5. The molecule has 16 nitrogen and oxygen atoms in total. The molecular formula is C86H179FN12O4. The monoisotopic (exact) mass is 1460 g/mol. The summed E-state index contributed by atoms with van der Waals surface area (Å²) in [6.07, 6.45) is 14.4. The molecule has 0 aromatic carbocycles. The number of nitrogens with zero attached hydrogens (tertiary/aromatic N) is 9. The van der Waals surface area contributed by atoms with Gasteiger partial charge < -0.3 is 64.6 Å². The van der Waals surface area contributed by atoms with Gasteiger partial charge in [-0.3, -0.25) is 14.5 Å². The largest absolute Gasteiger partial charge is 0.379 e. The third kappa shape index (κ3) is 51.7. The summed E-state index contributed by atoms with van der Waals surface area (Å²) in [4.78, 5) is 44.3. The molecule has 10 aliphatic heterocycles. The Morgan fingerprint density at radius 2 is 0.728 bits per heavy atom. The van der Waals surface area contributed by atoms with Crippen molar-refractivity contribution >= 4 is 11.6 Å². The molecule has 0 aromatic heterocycles. The number of alkyl halides is 1. The van der Waals surface area contributed by atoms with E-state index in [-0.39, 0.29) is 0 Å². The second-order valence-corrected chi connectivity index (χ2v) is 37.4. The Hall–Kier alpha value is -1.29. The Kier molecular flexibility index (Phi) is 55.0. The highest BCUT2D eigenvalue weighted by Gasteiger charge is 2.30. The molecule has 103 heavy (non-hydrogen) atoms. The van der Waals surface area contributed by atoms with E-state index in [1.165, 1.54) is 150 Å². The minimum Gasteiger partial charge on any atom is -0.379 e. The fourth-order valence-electron chi connectivity index (χ4n) is 14.5. The van der Waals surface area contributed by atoms with Gasteiger partial charge in [-0.05, 0) is 318 Å². The molecular weight excluding hydrogens is 1280 g/mol. The molecule has 10 heterocycles. The van der Waals surface area contributed by atoms with E-state index in [1.54, 1.807) is 0 Å². The second-order valence-electron chi connectivity index (χ2n) is 37.4. The van der Waals surface area contributed by atoms with Gasteiger partial charge in [0.05, 0.1) is 18.8 Å². The molecule has 3 N–H and O–H groups in total. The van der Waals surface area contributed by atoms with Gasteiger partial charge in [0.2, 0.25) is 0 Å². The summed E-state index contributed by atoms with van der Waals surface area (Å²) in [5.74, 6) is 11.7. The van der Waals surface area contributed by atoms with Crippen molar-refractivity contribution in [1.82, 2.24) is 60.0 Å². The number of ether oxygens (including phenoxy) is 2. The van der Waals surface area contributed by atoms with Crippen LogP contribution in [0.3, 0.4) is 0 Å². The van der Waals surface area contributed by atoms with Crippen molar-refractivity contribution in [3.05, 3.63) is 0 Å². The molecule has 0 amide bonds. The summed E-state index contributed by atoms with van der Waals surface area (Å²) < 4.78 is 23.2. The number of nitrogens with one attached hydrogen (secondary N) is 3. The van der Waals surface area contributed by atoms with E-state index in [1.807, 2.05) is 0 Å². The van der Waals surface area contributed by atoms with Crippen LogP contribution >= 0.6 is 0 Å². The zero-order chi connectivity index (χ0) is 77.9. The highest BCUT2D eigenvalue weighted by atomic mass is 19.1. The number of hydrogen-bond donors (Lipinski definition) is 3. The minimum absolute atomic E-state index is 0.331. The highest BCUT2D eigenvalue weighted by Crippen LogP contribution is 2.25. The van der Waals surface area contributed by atoms with Crippen LogP contribution in [0.4, 0.5) is 4.39 Å². The molecule has 10 fully saturated rings. The van der Waals surface area contributed by atoms with Crippen molar-refractivity contribution in [2.24, 2.45) is 82.9 Å². The van der Waals surface area contributed by atoms with Crippen LogP contribution in [0.15, 0.2) is 0 Å². The minimum atomic E-state index is -0.544. The number of hydrogen-bond acceptors (Lipinski definition) is 16. The van der Waals surface area contributed by atoms with Crippen molar-refractivity contribution in [3.63, 3.8) is 0 Å². The van der Waals surface area contributed by atoms with Crippen LogP contribution in [-0.4, -0.2) is 306 Å². The average molecular weight is 1460 g/mol. The molecule has 10 saturated heterocycles. The number of carbonyl (C=O) groups is 2. The lowest BCUT2D eigenvalue weighted by molar-refractivity contribution is -0.125. The van der Waals surface area contributed by atoms with E-state index in [9.17, 15) is 14.0 Å². The SMILES string of the molecule is CC(C)C1CN(C)C1.CC(C)C1CNC1.CC(C)CC(=O)C1CCN(C)C1.CC(C)CC(=O)C1CCN(C)CC1.CC(C)CC1CN(C)C1.CC(C)N1CC(F)C1.CC(C)NCC1CCN(C)C1.CC(C)NCC1CCN(C)CC1.CC(C)OCC1CCN(C)C1.CC(C)OCC1CCN(C)CC1. The molecule has 10 rings (SSSR count). The predicted octanol–water partition coefficient (Wildman–Crippen LogP) is 13.6. The summed E-state index contributed by atoms with van der Waals surface area (Å²) in [5, 5.41) is 10.2. The molecule has 0 spiro atoms. The van der Waals surface area contributed by atoms with Crippen LogP contribution in [0.25, 0.3) is 0 Å². The van der Waals surface area contributed by atoms with Gasteiger partial charge in [-0.25, -0.2) is 4.39 Å². The van der Waals surface area contributed by atoms with E-state index in [0.717, 1.165) is 131 Å². The topological polar surface area (TPSA) is 118 Å². The Morgan fingerprint density at radius 3 is 1.03 bits per heavy atom. The van der Waals surface area contributed by atoms with Crippen LogP contribution in [0.1, 0.15) is 216 Å². The van der Waals surface area contributed by atoms with Gasteiger partial charge in [0.25, 0.3) is 0 Å². The molecule has 17 heteroatoms. The van der Waals surface area contributed by atoms with E-state index in [2.05, 4.69) is 255 Å². The lowest BCUT2D eigenvalue weighted by Crippen LogP contribution is -2.51. The Balaban J connectivity index is 0.000000575. The fraction of sp³-hybridized carbons (Fsp3) is 0.977. The van der Waals surface area contributed by atoms with Gasteiger partial charge in [-0.1, -0.05) is 96.9 Å². The Morgan fingerprint density at radius 1 is 0.379 bits per heavy atom. The lowest BCUT2D eigenvalue weighted by Gasteiger charge is -2.38. The van der Waals surface area contributed by atoms with E-state index in [0.29, 0.717) is 78.7 Å². The lowest BCUT2D eigenvalue weighted by atomic mass is 9.88.